The molecule has 0 aliphatic carbocycles. The molecular weight excluding hydrogens is 368 g/mol. The summed E-state index contributed by atoms with van der Waals surface area (Å²) < 4.78 is 0. The Morgan fingerprint density at radius 3 is 2.62 bits per heavy atom. The van der Waals surface area contributed by atoms with Crippen molar-refractivity contribution in [3.05, 3.63) is 71.4 Å². The number of carbonyl (C=O) groups excluding carboxylic acids is 3. The maximum absolute atomic E-state index is 12.9. The zero-order valence-electron chi connectivity index (χ0n) is 16.3. The second-order valence-electron chi connectivity index (χ2n) is 7.60. The van der Waals surface area contributed by atoms with Crippen LogP contribution >= 0.6 is 0 Å². The molecule has 7 nitrogen and oxygen atoms in total. The summed E-state index contributed by atoms with van der Waals surface area (Å²) in [5.74, 6) is -1.02. The summed E-state index contributed by atoms with van der Waals surface area (Å²) in [6.45, 7) is 3.64. The Kier molecular flexibility index (Phi) is 4.58. The lowest BCUT2D eigenvalue weighted by Gasteiger charge is -2.21. The smallest absolute Gasteiger partial charge is 0.344 e. The van der Waals surface area contributed by atoms with Crippen LogP contribution in [0.15, 0.2) is 54.6 Å². The third-order valence-corrected chi connectivity index (χ3v) is 5.25. The monoisotopic (exact) mass is 390 g/mol. The molecule has 7 heteroatoms. The van der Waals surface area contributed by atoms with Crippen molar-refractivity contribution in [2.45, 2.75) is 32.2 Å². The van der Waals surface area contributed by atoms with Gasteiger partial charge in [0, 0.05) is 10.9 Å². The van der Waals surface area contributed by atoms with Gasteiger partial charge in [0.05, 0.1) is 0 Å². The Labute approximate surface area is 168 Å². The van der Waals surface area contributed by atoms with Crippen molar-refractivity contribution < 1.29 is 14.4 Å². The van der Waals surface area contributed by atoms with E-state index in [1.165, 1.54) is 0 Å². The molecule has 1 fully saturated rings. The summed E-state index contributed by atoms with van der Waals surface area (Å²) in [7, 11) is 0. The molecule has 29 heavy (non-hydrogen) atoms. The van der Waals surface area contributed by atoms with Crippen molar-refractivity contribution in [1.29, 1.82) is 0 Å². The van der Waals surface area contributed by atoms with Crippen LogP contribution < -0.4 is 10.7 Å². The summed E-state index contributed by atoms with van der Waals surface area (Å²) >= 11 is 0. The number of hydrazine groups is 1. The molecule has 0 radical (unpaired) electrons. The number of H-pyrrole nitrogens is 1. The minimum absolute atomic E-state index is 0.282. The lowest BCUT2D eigenvalue weighted by Crippen LogP contribution is -2.49. The molecule has 1 aliphatic heterocycles. The number of imide groups is 1. The van der Waals surface area contributed by atoms with Crippen LogP contribution in [0.4, 0.5) is 4.79 Å². The standard InChI is InChI=1S/C22H22N4O3/c1-14-8-9-16-13-18(23-17(16)12-14)19(27)25-26-20(28)22(2,24-21(26)29)11-10-15-6-4-3-5-7-15/h3-9,12-13,23H,10-11H2,1-2H3,(H,24,29)(H,25,27). The third-order valence-electron chi connectivity index (χ3n) is 5.25. The molecule has 2 heterocycles. The molecule has 0 spiro atoms. The number of amides is 4. The van der Waals surface area contributed by atoms with E-state index in [0.717, 1.165) is 27.0 Å². The van der Waals surface area contributed by atoms with Gasteiger partial charge in [0.2, 0.25) is 0 Å². The van der Waals surface area contributed by atoms with Crippen molar-refractivity contribution in [1.82, 2.24) is 20.7 Å². The van der Waals surface area contributed by atoms with Crippen molar-refractivity contribution >= 4 is 28.7 Å². The summed E-state index contributed by atoms with van der Waals surface area (Å²) in [4.78, 5) is 40.9. The minimum atomic E-state index is -1.07. The van der Waals surface area contributed by atoms with E-state index in [2.05, 4.69) is 15.7 Å². The maximum Gasteiger partial charge on any atom is 0.344 e. The predicted molar refractivity (Wildman–Crippen MR) is 109 cm³/mol. The number of urea groups is 1. The summed E-state index contributed by atoms with van der Waals surface area (Å²) in [6, 6.07) is 16.6. The molecule has 1 atom stereocenters. The average Bonchev–Trinajstić information content (AvgIpc) is 3.21. The van der Waals surface area contributed by atoms with Gasteiger partial charge < -0.3 is 10.3 Å². The number of fused-ring (bicyclic) bond motifs is 1. The molecule has 1 aromatic heterocycles. The van der Waals surface area contributed by atoms with E-state index >= 15 is 0 Å². The van der Waals surface area contributed by atoms with Crippen LogP contribution in [-0.4, -0.2) is 33.4 Å². The first-order valence-electron chi connectivity index (χ1n) is 9.47. The van der Waals surface area contributed by atoms with Crippen LogP contribution in [0.1, 0.15) is 35.0 Å². The molecule has 1 aliphatic rings. The first kappa shape index (κ1) is 18.7. The molecular formula is C22H22N4O3. The van der Waals surface area contributed by atoms with Crippen molar-refractivity contribution in [2.24, 2.45) is 0 Å². The van der Waals surface area contributed by atoms with E-state index in [4.69, 9.17) is 0 Å². The number of aromatic amines is 1. The molecule has 1 saturated heterocycles. The maximum atomic E-state index is 12.9. The van der Waals surface area contributed by atoms with Crippen LogP contribution in [-0.2, 0) is 11.2 Å². The molecule has 0 saturated carbocycles. The van der Waals surface area contributed by atoms with Crippen LogP contribution in [0.5, 0.6) is 0 Å². The zero-order chi connectivity index (χ0) is 20.6. The highest BCUT2D eigenvalue weighted by Gasteiger charge is 2.48. The second kappa shape index (κ2) is 7.09. The topological polar surface area (TPSA) is 94.3 Å². The van der Waals surface area contributed by atoms with Gasteiger partial charge in [0.1, 0.15) is 11.2 Å². The number of rotatable bonds is 5. The van der Waals surface area contributed by atoms with Gasteiger partial charge in [-0.25, -0.2) is 4.79 Å². The van der Waals surface area contributed by atoms with Gasteiger partial charge in [-0.05, 0) is 49.9 Å². The molecule has 1 unspecified atom stereocenters. The van der Waals surface area contributed by atoms with E-state index < -0.39 is 23.4 Å². The van der Waals surface area contributed by atoms with Gasteiger partial charge in [-0.1, -0.05) is 42.5 Å². The molecule has 2 aromatic carbocycles. The number of hydrogen-bond acceptors (Lipinski definition) is 3. The molecule has 0 bridgehead atoms. The number of aromatic nitrogens is 1. The number of aryl methyl sites for hydroxylation is 2. The number of nitrogens with zero attached hydrogens (tertiary/aromatic N) is 1. The molecule has 148 valence electrons. The number of hydrogen-bond donors (Lipinski definition) is 3. The fraction of sp³-hybridized carbons (Fsp3) is 0.227. The fourth-order valence-corrected chi connectivity index (χ4v) is 3.52. The average molecular weight is 390 g/mol. The quantitative estimate of drug-likeness (QED) is 0.585. The predicted octanol–water partition coefficient (Wildman–Crippen LogP) is 3.06. The number of benzene rings is 2. The molecule has 3 aromatic rings. The lowest BCUT2D eigenvalue weighted by atomic mass is 9.93. The Morgan fingerprint density at radius 2 is 1.86 bits per heavy atom. The summed E-state index contributed by atoms with van der Waals surface area (Å²) in [5, 5.41) is 4.35. The zero-order valence-corrected chi connectivity index (χ0v) is 16.3. The minimum Gasteiger partial charge on any atom is -0.350 e. The fourth-order valence-electron chi connectivity index (χ4n) is 3.52. The Balaban J connectivity index is 1.47. The van der Waals surface area contributed by atoms with Crippen molar-refractivity contribution in [2.75, 3.05) is 0 Å². The summed E-state index contributed by atoms with van der Waals surface area (Å²) in [6.07, 6.45) is 1.06. The highest BCUT2D eigenvalue weighted by Crippen LogP contribution is 2.23. The Bertz CT molecular complexity index is 1110. The van der Waals surface area contributed by atoms with E-state index in [0.29, 0.717) is 12.8 Å². The van der Waals surface area contributed by atoms with Crippen LogP contribution in [0.3, 0.4) is 0 Å². The SMILES string of the molecule is Cc1ccc2cc(C(=O)NN3C(=O)NC(C)(CCc4ccccc4)C3=O)[nH]c2c1. The van der Waals surface area contributed by atoms with Crippen LogP contribution in [0.25, 0.3) is 10.9 Å². The summed E-state index contributed by atoms with van der Waals surface area (Å²) in [5.41, 5.74) is 4.59. The van der Waals surface area contributed by atoms with Gasteiger partial charge in [0.25, 0.3) is 11.8 Å². The normalized spacial score (nSPS) is 18.9. The third kappa shape index (κ3) is 3.59. The van der Waals surface area contributed by atoms with Gasteiger partial charge in [0.15, 0.2) is 0 Å². The molecule has 4 amide bonds. The largest absolute Gasteiger partial charge is 0.350 e. The van der Waals surface area contributed by atoms with Gasteiger partial charge in [-0.15, -0.1) is 0 Å². The second-order valence-corrected chi connectivity index (χ2v) is 7.60. The van der Waals surface area contributed by atoms with Gasteiger partial charge in [-0.3, -0.25) is 15.0 Å². The van der Waals surface area contributed by atoms with Crippen LogP contribution in [0.2, 0.25) is 0 Å². The highest BCUT2D eigenvalue weighted by molar-refractivity contribution is 6.09. The van der Waals surface area contributed by atoms with Crippen molar-refractivity contribution in [3.63, 3.8) is 0 Å². The van der Waals surface area contributed by atoms with E-state index in [9.17, 15) is 14.4 Å². The first-order chi connectivity index (χ1) is 13.9. The highest BCUT2D eigenvalue weighted by atomic mass is 16.2. The first-order valence-corrected chi connectivity index (χ1v) is 9.47. The van der Waals surface area contributed by atoms with Crippen molar-refractivity contribution in [3.8, 4) is 0 Å². The lowest BCUT2D eigenvalue weighted by molar-refractivity contribution is -0.132. The van der Waals surface area contributed by atoms with E-state index in [1.54, 1.807) is 13.0 Å². The van der Waals surface area contributed by atoms with Gasteiger partial charge in [-0.2, -0.15) is 5.01 Å². The molecule has 4 rings (SSSR count). The van der Waals surface area contributed by atoms with E-state index in [-0.39, 0.29) is 5.69 Å². The molecule has 3 N–H and O–H groups in total. The van der Waals surface area contributed by atoms with Crippen LogP contribution in [0, 0.1) is 6.92 Å². The van der Waals surface area contributed by atoms with E-state index in [1.807, 2.05) is 55.5 Å². The number of nitrogens with one attached hydrogen (secondary N) is 3. The Morgan fingerprint density at radius 1 is 1.10 bits per heavy atom. The number of carbonyl (C=O) groups is 3. The van der Waals surface area contributed by atoms with Gasteiger partial charge >= 0.3 is 6.03 Å². The Hall–Kier alpha value is -3.61.